The van der Waals surface area contributed by atoms with Gasteiger partial charge in [-0.2, -0.15) is 4.39 Å². The Bertz CT molecular complexity index is 1590. The quantitative estimate of drug-likeness (QED) is 0.236. The highest BCUT2D eigenvalue weighted by Gasteiger charge is 2.23. The highest BCUT2D eigenvalue weighted by atomic mass is 19.1. The first-order valence-electron chi connectivity index (χ1n) is 13.2. The summed E-state index contributed by atoms with van der Waals surface area (Å²) in [5.41, 5.74) is 1.16. The Morgan fingerprint density at radius 2 is 1.82 bits per heavy atom. The van der Waals surface area contributed by atoms with Crippen molar-refractivity contribution in [2.24, 2.45) is 0 Å². The number of rotatable bonds is 9. The maximum absolute atomic E-state index is 13.8. The van der Waals surface area contributed by atoms with Crippen LogP contribution in [0.1, 0.15) is 43.9 Å². The summed E-state index contributed by atoms with van der Waals surface area (Å²) < 4.78 is 43.2. The molecule has 5 rings (SSSR count). The van der Waals surface area contributed by atoms with Crippen molar-refractivity contribution in [3.63, 3.8) is 0 Å². The van der Waals surface area contributed by atoms with Gasteiger partial charge in [0.05, 0.1) is 12.3 Å². The fraction of sp³-hybridized carbons (Fsp3) is 0.429. The van der Waals surface area contributed by atoms with E-state index in [1.807, 2.05) is 6.92 Å². The molecule has 1 saturated heterocycles. The van der Waals surface area contributed by atoms with E-state index in [-0.39, 0.29) is 42.9 Å². The van der Waals surface area contributed by atoms with Crippen molar-refractivity contribution >= 4 is 11.2 Å². The molecule has 39 heavy (non-hydrogen) atoms. The van der Waals surface area contributed by atoms with Gasteiger partial charge in [0, 0.05) is 31.8 Å². The molecule has 11 heteroatoms. The normalized spacial score (nSPS) is 15.7. The van der Waals surface area contributed by atoms with Crippen LogP contribution in [0.5, 0.6) is 0 Å². The number of hydrogen-bond donors (Lipinski definition) is 0. The number of aryl methyl sites for hydroxylation is 2. The van der Waals surface area contributed by atoms with E-state index in [1.165, 1.54) is 27.3 Å². The lowest BCUT2D eigenvalue weighted by Crippen LogP contribution is -2.40. The van der Waals surface area contributed by atoms with Crippen molar-refractivity contribution in [1.29, 1.82) is 0 Å². The third-order valence-corrected chi connectivity index (χ3v) is 6.95. The van der Waals surface area contributed by atoms with E-state index in [4.69, 9.17) is 14.5 Å². The van der Waals surface area contributed by atoms with E-state index < -0.39 is 17.2 Å². The van der Waals surface area contributed by atoms with Gasteiger partial charge in [0.2, 0.25) is 5.95 Å². The molecule has 0 amide bonds. The first-order chi connectivity index (χ1) is 18.9. The van der Waals surface area contributed by atoms with Crippen LogP contribution >= 0.6 is 0 Å². The van der Waals surface area contributed by atoms with Gasteiger partial charge in [-0.05, 0) is 69.4 Å². The van der Waals surface area contributed by atoms with E-state index in [9.17, 15) is 18.4 Å². The molecule has 1 aliphatic heterocycles. The van der Waals surface area contributed by atoms with Gasteiger partial charge >= 0.3 is 5.69 Å². The van der Waals surface area contributed by atoms with Crippen molar-refractivity contribution in [3.05, 3.63) is 80.3 Å². The van der Waals surface area contributed by atoms with Crippen molar-refractivity contribution in [3.8, 4) is 11.4 Å². The highest BCUT2D eigenvalue weighted by molar-refractivity contribution is 5.77. The zero-order chi connectivity index (χ0) is 27.5. The molecular formula is C28H31F2N5O4. The predicted octanol–water partition coefficient (Wildman–Crippen LogP) is 4.01. The summed E-state index contributed by atoms with van der Waals surface area (Å²) in [6.07, 6.45) is 3.10. The Kier molecular flexibility index (Phi) is 7.99. The SMILES string of the molecule is CCn1c(=O)n(CCCOC2CCCCO2)c(=O)c2c1nc(-c1ccc(F)nc1C)n2Cc1ccc(F)cc1. The minimum Gasteiger partial charge on any atom is -0.353 e. The number of benzene rings is 1. The van der Waals surface area contributed by atoms with Crippen LogP contribution in [0.25, 0.3) is 22.6 Å². The Labute approximate surface area is 223 Å². The van der Waals surface area contributed by atoms with E-state index in [0.29, 0.717) is 36.7 Å². The molecule has 0 saturated carbocycles. The van der Waals surface area contributed by atoms with Gasteiger partial charge in [-0.15, -0.1) is 0 Å². The molecule has 3 aromatic heterocycles. The van der Waals surface area contributed by atoms with Gasteiger partial charge in [0.25, 0.3) is 5.56 Å². The minimum atomic E-state index is -0.633. The van der Waals surface area contributed by atoms with Gasteiger partial charge in [0.1, 0.15) is 11.6 Å². The molecular weight excluding hydrogens is 508 g/mol. The average molecular weight is 540 g/mol. The minimum absolute atomic E-state index is 0.161. The number of fused-ring (bicyclic) bond motifs is 1. The smallest absolute Gasteiger partial charge is 0.332 e. The number of aromatic nitrogens is 5. The molecule has 0 radical (unpaired) electrons. The van der Waals surface area contributed by atoms with Gasteiger partial charge in [-0.3, -0.25) is 13.9 Å². The molecule has 9 nitrogen and oxygen atoms in total. The van der Waals surface area contributed by atoms with Crippen molar-refractivity contribution in [2.45, 2.75) is 65.5 Å². The average Bonchev–Trinajstić information content (AvgIpc) is 3.29. The molecule has 1 aliphatic rings. The van der Waals surface area contributed by atoms with Crippen LogP contribution in [0.3, 0.4) is 0 Å². The number of ether oxygens (including phenoxy) is 2. The molecule has 0 bridgehead atoms. The van der Waals surface area contributed by atoms with Crippen LogP contribution in [0, 0.1) is 18.7 Å². The first kappa shape index (κ1) is 26.9. The zero-order valence-corrected chi connectivity index (χ0v) is 22.0. The summed E-state index contributed by atoms with van der Waals surface area (Å²) in [7, 11) is 0. The lowest BCUT2D eigenvalue weighted by molar-refractivity contribution is -0.163. The zero-order valence-electron chi connectivity index (χ0n) is 22.0. The van der Waals surface area contributed by atoms with Gasteiger partial charge < -0.3 is 14.0 Å². The van der Waals surface area contributed by atoms with Crippen LogP contribution in [-0.4, -0.2) is 43.2 Å². The second kappa shape index (κ2) is 11.6. The molecule has 0 spiro atoms. The molecule has 0 aliphatic carbocycles. The van der Waals surface area contributed by atoms with Crippen LogP contribution in [0.4, 0.5) is 8.78 Å². The highest BCUT2D eigenvalue weighted by Crippen LogP contribution is 2.26. The Morgan fingerprint density at radius 1 is 1.03 bits per heavy atom. The van der Waals surface area contributed by atoms with Gasteiger partial charge in [0.15, 0.2) is 17.5 Å². The summed E-state index contributed by atoms with van der Waals surface area (Å²) >= 11 is 0. The third-order valence-electron chi connectivity index (χ3n) is 6.95. The Morgan fingerprint density at radius 3 is 2.51 bits per heavy atom. The molecule has 4 aromatic rings. The summed E-state index contributed by atoms with van der Waals surface area (Å²) in [6.45, 7) is 5.11. The molecule has 1 atom stereocenters. The third kappa shape index (κ3) is 5.55. The Hall–Kier alpha value is -3.70. The molecule has 1 unspecified atom stereocenters. The van der Waals surface area contributed by atoms with E-state index >= 15 is 0 Å². The van der Waals surface area contributed by atoms with E-state index in [1.54, 1.807) is 29.7 Å². The predicted molar refractivity (Wildman–Crippen MR) is 142 cm³/mol. The molecule has 4 heterocycles. The number of hydrogen-bond acceptors (Lipinski definition) is 6. The van der Waals surface area contributed by atoms with Crippen LogP contribution in [-0.2, 0) is 29.1 Å². The fourth-order valence-corrected chi connectivity index (χ4v) is 4.95. The first-order valence-corrected chi connectivity index (χ1v) is 13.2. The van der Waals surface area contributed by atoms with E-state index in [2.05, 4.69) is 4.98 Å². The van der Waals surface area contributed by atoms with Crippen LogP contribution < -0.4 is 11.2 Å². The Balaban J connectivity index is 1.60. The molecule has 0 N–H and O–H groups in total. The van der Waals surface area contributed by atoms with Gasteiger partial charge in [-0.1, -0.05) is 12.1 Å². The lowest BCUT2D eigenvalue weighted by Gasteiger charge is -2.22. The lowest BCUT2D eigenvalue weighted by atomic mass is 10.1. The number of pyridine rings is 1. The summed E-state index contributed by atoms with van der Waals surface area (Å²) in [4.78, 5) is 35.9. The topological polar surface area (TPSA) is 93.2 Å². The molecule has 206 valence electrons. The summed E-state index contributed by atoms with van der Waals surface area (Å²) in [5.74, 6) is -0.643. The largest absolute Gasteiger partial charge is 0.353 e. The number of imidazole rings is 1. The maximum Gasteiger partial charge on any atom is 0.332 e. The van der Waals surface area contributed by atoms with Crippen LogP contribution in [0.2, 0.25) is 0 Å². The summed E-state index contributed by atoms with van der Waals surface area (Å²) in [5, 5.41) is 0. The standard InChI is InChI=1S/C28H31F2N5O4/c1-3-33-26-24(27(36)34(28(33)37)14-6-16-39-23-7-4-5-15-38-23)35(17-19-8-10-20(29)11-9-19)25(32-26)21-12-13-22(30)31-18(21)2/h8-13,23H,3-7,14-17H2,1-2H3. The van der Waals surface area contributed by atoms with Crippen molar-refractivity contribution in [1.82, 2.24) is 23.7 Å². The second-order valence-electron chi connectivity index (χ2n) is 9.59. The monoisotopic (exact) mass is 539 g/mol. The van der Waals surface area contributed by atoms with Gasteiger partial charge in [-0.25, -0.2) is 19.2 Å². The fourth-order valence-electron chi connectivity index (χ4n) is 4.95. The van der Waals surface area contributed by atoms with Crippen LogP contribution in [0.15, 0.2) is 46.0 Å². The van der Waals surface area contributed by atoms with Crippen molar-refractivity contribution < 1.29 is 18.3 Å². The second-order valence-corrected chi connectivity index (χ2v) is 9.59. The molecule has 1 aromatic carbocycles. The van der Waals surface area contributed by atoms with Crippen molar-refractivity contribution in [2.75, 3.05) is 13.2 Å². The summed E-state index contributed by atoms with van der Waals surface area (Å²) in [6, 6.07) is 8.71. The maximum atomic E-state index is 13.8. The molecule has 1 fully saturated rings. The number of halogens is 2. The van der Waals surface area contributed by atoms with E-state index in [0.717, 1.165) is 24.8 Å². The number of nitrogens with zero attached hydrogens (tertiary/aromatic N) is 5.